The van der Waals surface area contributed by atoms with E-state index in [-0.39, 0.29) is 5.91 Å². The third-order valence-electron chi connectivity index (χ3n) is 4.20. The zero-order valence-corrected chi connectivity index (χ0v) is 12.7. The second-order valence-electron chi connectivity index (χ2n) is 5.62. The number of carbonyl (C=O) groups is 1. The topological polar surface area (TPSA) is 64.2 Å². The van der Waals surface area contributed by atoms with Crippen LogP contribution >= 0.6 is 0 Å². The van der Waals surface area contributed by atoms with Crippen molar-refractivity contribution in [3.8, 4) is 0 Å². The number of fused-ring (bicyclic) bond motifs is 1. The lowest BCUT2D eigenvalue weighted by atomic mass is 10.00. The summed E-state index contributed by atoms with van der Waals surface area (Å²) >= 11 is 0. The molecule has 2 aromatic rings. The number of nitrogens with two attached hydrogens (primary N) is 1. The van der Waals surface area contributed by atoms with Crippen molar-refractivity contribution in [1.82, 2.24) is 9.78 Å². The Morgan fingerprint density at radius 1 is 1.33 bits per heavy atom. The molecule has 21 heavy (non-hydrogen) atoms. The van der Waals surface area contributed by atoms with Gasteiger partial charge in [-0.1, -0.05) is 6.07 Å². The van der Waals surface area contributed by atoms with E-state index >= 15 is 0 Å². The van der Waals surface area contributed by atoms with Crippen molar-refractivity contribution in [2.24, 2.45) is 7.05 Å². The van der Waals surface area contributed by atoms with Crippen molar-refractivity contribution >= 4 is 17.3 Å². The van der Waals surface area contributed by atoms with Crippen molar-refractivity contribution in [3.63, 3.8) is 0 Å². The molecule has 1 aliphatic rings. The number of hydrogen-bond donors (Lipinski definition) is 1. The Balaban J connectivity index is 2.06. The molecule has 0 spiro atoms. The maximum absolute atomic E-state index is 13.0. The van der Waals surface area contributed by atoms with E-state index in [1.807, 2.05) is 44.0 Å². The molecule has 0 radical (unpaired) electrons. The molecule has 3 rings (SSSR count). The molecule has 0 fully saturated rings. The summed E-state index contributed by atoms with van der Waals surface area (Å²) in [6.07, 6.45) is 1.96. The average molecular weight is 284 g/mol. The molecule has 2 heterocycles. The van der Waals surface area contributed by atoms with Gasteiger partial charge in [-0.25, -0.2) is 0 Å². The summed E-state index contributed by atoms with van der Waals surface area (Å²) in [5.74, 6) is 0.0182. The monoisotopic (exact) mass is 284 g/mol. The van der Waals surface area contributed by atoms with Crippen LogP contribution in [0.5, 0.6) is 0 Å². The Morgan fingerprint density at radius 2 is 2.10 bits per heavy atom. The molecule has 110 valence electrons. The molecule has 0 saturated carbocycles. The fraction of sp³-hybridized carbons (Fsp3) is 0.375. The number of rotatable bonds is 1. The van der Waals surface area contributed by atoms with Crippen LogP contribution in [0.15, 0.2) is 18.2 Å². The minimum absolute atomic E-state index is 0.0182. The zero-order chi connectivity index (χ0) is 15.1. The summed E-state index contributed by atoms with van der Waals surface area (Å²) in [4.78, 5) is 14.8. The second kappa shape index (κ2) is 4.91. The summed E-state index contributed by atoms with van der Waals surface area (Å²) in [5, 5.41) is 4.34. The van der Waals surface area contributed by atoms with Crippen molar-refractivity contribution in [3.05, 3.63) is 40.7 Å². The van der Waals surface area contributed by atoms with Gasteiger partial charge in [0.2, 0.25) is 0 Å². The smallest absolute Gasteiger partial charge is 0.262 e. The fourth-order valence-electron chi connectivity index (χ4n) is 3.02. The van der Waals surface area contributed by atoms with Crippen LogP contribution in [0.25, 0.3) is 0 Å². The van der Waals surface area contributed by atoms with E-state index < -0.39 is 0 Å². The SMILES string of the molecule is Cc1nn(C)c(C)c1C(=O)N1CCCc2ccc(N)cc21. The van der Waals surface area contributed by atoms with Gasteiger partial charge >= 0.3 is 0 Å². The van der Waals surface area contributed by atoms with E-state index in [0.29, 0.717) is 11.3 Å². The van der Waals surface area contributed by atoms with E-state index in [0.717, 1.165) is 36.5 Å². The van der Waals surface area contributed by atoms with Crippen molar-refractivity contribution in [1.29, 1.82) is 0 Å². The van der Waals surface area contributed by atoms with Crippen LogP contribution in [0.4, 0.5) is 11.4 Å². The normalized spacial score (nSPS) is 14.1. The van der Waals surface area contributed by atoms with E-state index in [4.69, 9.17) is 5.73 Å². The van der Waals surface area contributed by atoms with Gasteiger partial charge in [0.25, 0.3) is 5.91 Å². The van der Waals surface area contributed by atoms with Gasteiger partial charge < -0.3 is 10.6 Å². The molecule has 5 nitrogen and oxygen atoms in total. The van der Waals surface area contributed by atoms with Crippen LogP contribution in [0.1, 0.15) is 33.7 Å². The van der Waals surface area contributed by atoms with Crippen LogP contribution in [0, 0.1) is 13.8 Å². The van der Waals surface area contributed by atoms with Gasteiger partial charge in [-0.3, -0.25) is 9.48 Å². The number of aryl methyl sites for hydroxylation is 3. The largest absolute Gasteiger partial charge is 0.399 e. The highest BCUT2D eigenvalue weighted by Crippen LogP contribution is 2.31. The minimum atomic E-state index is 0.0182. The van der Waals surface area contributed by atoms with Gasteiger partial charge in [0.05, 0.1) is 11.3 Å². The molecule has 0 unspecified atom stereocenters. The van der Waals surface area contributed by atoms with E-state index in [9.17, 15) is 4.79 Å². The van der Waals surface area contributed by atoms with Crippen molar-refractivity contribution in [2.45, 2.75) is 26.7 Å². The van der Waals surface area contributed by atoms with E-state index in [1.165, 1.54) is 5.56 Å². The number of amides is 1. The highest BCUT2D eigenvalue weighted by atomic mass is 16.2. The maximum Gasteiger partial charge on any atom is 0.262 e. The van der Waals surface area contributed by atoms with Crippen molar-refractivity contribution < 1.29 is 4.79 Å². The first-order valence-corrected chi connectivity index (χ1v) is 7.19. The molecule has 1 aliphatic heterocycles. The molecule has 0 aliphatic carbocycles. The van der Waals surface area contributed by atoms with Crippen LogP contribution in [0.3, 0.4) is 0 Å². The Kier molecular flexibility index (Phi) is 3.20. The molecule has 1 amide bonds. The maximum atomic E-state index is 13.0. The number of aromatic nitrogens is 2. The first-order valence-electron chi connectivity index (χ1n) is 7.19. The van der Waals surface area contributed by atoms with Gasteiger partial charge in [-0.2, -0.15) is 5.10 Å². The van der Waals surface area contributed by atoms with Gasteiger partial charge in [0.15, 0.2) is 0 Å². The highest BCUT2D eigenvalue weighted by Gasteiger charge is 2.27. The van der Waals surface area contributed by atoms with Crippen LogP contribution in [-0.2, 0) is 13.5 Å². The summed E-state index contributed by atoms with van der Waals surface area (Å²) < 4.78 is 1.76. The second-order valence-corrected chi connectivity index (χ2v) is 5.62. The Bertz CT molecular complexity index is 717. The number of hydrogen-bond acceptors (Lipinski definition) is 3. The van der Waals surface area contributed by atoms with Crippen LogP contribution < -0.4 is 10.6 Å². The lowest BCUT2D eigenvalue weighted by Gasteiger charge is -2.30. The average Bonchev–Trinajstić information content (AvgIpc) is 2.71. The Labute approximate surface area is 124 Å². The molecule has 5 heteroatoms. The number of anilines is 2. The molecule has 0 bridgehead atoms. The van der Waals surface area contributed by atoms with E-state index in [1.54, 1.807) is 4.68 Å². The molecular formula is C16H20N4O. The molecule has 0 atom stereocenters. The third-order valence-corrected chi connectivity index (χ3v) is 4.20. The molecule has 1 aromatic heterocycles. The first-order chi connectivity index (χ1) is 9.99. The standard InChI is InChI=1S/C16H20N4O/c1-10-15(11(2)19(3)18-10)16(21)20-8-4-5-12-6-7-13(17)9-14(12)20/h6-7,9H,4-5,8,17H2,1-3H3. The van der Waals surface area contributed by atoms with Gasteiger partial charge in [0, 0.05) is 30.7 Å². The molecular weight excluding hydrogens is 264 g/mol. The molecule has 0 saturated heterocycles. The summed E-state index contributed by atoms with van der Waals surface area (Å²) in [7, 11) is 1.86. The van der Waals surface area contributed by atoms with E-state index in [2.05, 4.69) is 5.10 Å². The number of nitrogen functional groups attached to an aromatic ring is 1. The molecule has 2 N–H and O–H groups in total. The first kappa shape index (κ1) is 13.7. The number of nitrogens with zero attached hydrogens (tertiary/aromatic N) is 3. The van der Waals surface area contributed by atoms with Crippen molar-refractivity contribution in [2.75, 3.05) is 17.2 Å². The Hall–Kier alpha value is -2.30. The fourth-order valence-corrected chi connectivity index (χ4v) is 3.02. The Morgan fingerprint density at radius 3 is 2.76 bits per heavy atom. The summed E-state index contributed by atoms with van der Waals surface area (Å²) in [5.41, 5.74) is 11.1. The van der Waals surface area contributed by atoms with Gasteiger partial charge in [-0.05, 0) is 44.4 Å². The predicted molar refractivity (Wildman–Crippen MR) is 83.5 cm³/mol. The predicted octanol–water partition coefficient (Wildman–Crippen LogP) is 2.21. The van der Waals surface area contributed by atoms with Gasteiger partial charge in [0.1, 0.15) is 0 Å². The quantitative estimate of drug-likeness (QED) is 0.817. The zero-order valence-electron chi connectivity index (χ0n) is 12.7. The lowest BCUT2D eigenvalue weighted by Crippen LogP contribution is -2.36. The van der Waals surface area contributed by atoms with Crippen LogP contribution in [0.2, 0.25) is 0 Å². The minimum Gasteiger partial charge on any atom is -0.399 e. The highest BCUT2D eigenvalue weighted by molar-refractivity contribution is 6.08. The lowest BCUT2D eigenvalue weighted by molar-refractivity contribution is 0.0984. The van der Waals surface area contributed by atoms with Crippen LogP contribution in [-0.4, -0.2) is 22.2 Å². The molecule has 1 aromatic carbocycles. The van der Waals surface area contributed by atoms with Gasteiger partial charge in [-0.15, -0.1) is 0 Å². The summed E-state index contributed by atoms with van der Waals surface area (Å²) in [6, 6.07) is 5.81. The number of benzene rings is 1. The third kappa shape index (κ3) is 2.18. The number of carbonyl (C=O) groups excluding carboxylic acids is 1. The summed E-state index contributed by atoms with van der Waals surface area (Å²) in [6.45, 7) is 4.53.